The van der Waals surface area contributed by atoms with E-state index in [1.54, 1.807) is 13.1 Å². The van der Waals surface area contributed by atoms with Gasteiger partial charge in [0.1, 0.15) is 5.75 Å². The van der Waals surface area contributed by atoms with Crippen molar-refractivity contribution in [1.29, 1.82) is 0 Å². The summed E-state index contributed by atoms with van der Waals surface area (Å²) in [5.41, 5.74) is 2.23. The van der Waals surface area contributed by atoms with Crippen LogP contribution >= 0.6 is 25.0 Å². The summed E-state index contributed by atoms with van der Waals surface area (Å²) in [4.78, 5) is 4.01. The van der Waals surface area contributed by atoms with Crippen LogP contribution in [0.15, 0.2) is 6.20 Å². The van der Waals surface area contributed by atoms with Crippen LogP contribution < -0.4 is 0 Å². The largest absolute Gasteiger partial charge is 0.506 e. The Hall–Kier alpha value is -0.450. The average molecular weight is 236 g/mol. The maximum Gasteiger partial charge on any atom is 0.141 e. The summed E-state index contributed by atoms with van der Waals surface area (Å²) >= 11 is 4.12. The van der Waals surface area contributed by atoms with Crippen LogP contribution in [0, 0.1) is 6.92 Å². The quantitative estimate of drug-likeness (QED) is 0.696. The zero-order valence-corrected chi connectivity index (χ0v) is 9.61. The average Bonchev–Trinajstić information content (AvgIpc) is 2.12. The minimum atomic E-state index is 0. The minimum Gasteiger partial charge on any atom is -0.506 e. The van der Waals surface area contributed by atoms with E-state index in [0.717, 1.165) is 11.1 Å². The summed E-state index contributed by atoms with van der Waals surface area (Å²) in [7, 11) is 0. The van der Waals surface area contributed by atoms with E-state index in [9.17, 15) is 5.11 Å². The van der Waals surface area contributed by atoms with Gasteiger partial charge in [-0.3, -0.25) is 4.98 Å². The third-order valence-corrected chi connectivity index (χ3v) is 2.29. The van der Waals surface area contributed by atoms with Gasteiger partial charge in [0.25, 0.3) is 0 Å². The van der Waals surface area contributed by atoms with Crippen LogP contribution in [0.4, 0.5) is 0 Å². The maximum atomic E-state index is 9.61. The van der Waals surface area contributed by atoms with Gasteiger partial charge < -0.3 is 10.2 Å². The van der Waals surface area contributed by atoms with Crippen LogP contribution in [-0.4, -0.2) is 21.8 Å². The van der Waals surface area contributed by atoms with E-state index < -0.39 is 0 Å². The van der Waals surface area contributed by atoms with Crippen molar-refractivity contribution in [2.75, 3.05) is 6.61 Å². The van der Waals surface area contributed by atoms with Gasteiger partial charge in [0.15, 0.2) is 0 Å². The third kappa shape index (κ3) is 2.77. The number of halogens is 1. The molecule has 5 heteroatoms. The molecule has 0 bridgehead atoms. The van der Waals surface area contributed by atoms with Crippen LogP contribution in [-0.2, 0) is 12.2 Å². The second-order valence-electron chi connectivity index (χ2n) is 2.83. The number of aryl methyl sites for hydroxylation is 1. The van der Waals surface area contributed by atoms with Crippen LogP contribution in [0.2, 0.25) is 0 Å². The highest BCUT2D eigenvalue weighted by Gasteiger charge is 2.09. The van der Waals surface area contributed by atoms with Gasteiger partial charge in [-0.15, -0.1) is 12.4 Å². The molecule has 14 heavy (non-hydrogen) atoms. The number of aromatic nitrogens is 1. The number of aromatic hydroxyl groups is 1. The number of hydrogen-bond acceptors (Lipinski definition) is 4. The molecular formula is C9H14ClNO2S. The summed E-state index contributed by atoms with van der Waals surface area (Å²) in [6.07, 6.45) is 2.19. The van der Waals surface area contributed by atoms with E-state index in [2.05, 4.69) is 17.6 Å². The number of nitrogens with zero attached hydrogens (tertiary/aromatic N) is 1. The zero-order valence-electron chi connectivity index (χ0n) is 7.90. The van der Waals surface area contributed by atoms with Gasteiger partial charge in [0, 0.05) is 24.1 Å². The van der Waals surface area contributed by atoms with Gasteiger partial charge >= 0.3 is 0 Å². The summed E-state index contributed by atoms with van der Waals surface area (Å²) in [6.45, 7) is 1.80. The van der Waals surface area contributed by atoms with Gasteiger partial charge in [-0.25, -0.2) is 0 Å². The van der Waals surface area contributed by atoms with E-state index >= 15 is 0 Å². The number of aliphatic hydroxyl groups is 1. The van der Waals surface area contributed by atoms with Gasteiger partial charge in [-0.2, -0.15) is 12.6 Å². The maximum absolute atomic E-state index is 9.61. The molecule has 1 heterocycles. The molecule has 0 radical (unpaired) electrons. The zero-order chi connectivity index (χ0) is 9.84. The first-order valence-corrected chi connectivity index (χ1v) is 4.72. The Labute approximate surface area is 95.0 Å². The molecule has 0 saturated heterocycles. The Bertz CT molecular complexity index is 307. The molecule has 1 aromatic heterocycles. The SMILES string of the molecule is Cc1ncc(CCO)c(CS)c1O.Cl. The number of rotatable bonds is 3. The molecule has 0 aliphatic carbocycles. The van der Waals surface area contributed by atoms with Gasteiger partial charge in [-0.1, -0.05) is 0 Å². The molecule has 3 nitrogen and oxygen atoms in total. The normalized spacial score (nSPS) is 9.64. The second kappa shape index (κ2) is 6.11. The molecule has 80 valence electrons. The van der Waals surface area contributed by atoms with Crippen molar-refractivity contribution >= 4 is 25.0 Å². The topological polar surface area (TPSA) is 53.4 Å². The lowest BCUT2D eigenvalue weighted by Gasteiger charge is -2.09. The highest BCUT2D eigenvalue weighted by molar-refractivity contribution is 7.79. The molecule has 0 aromatic carbocycles. The van der Waals surface area contributed by atoms with E-state index in [1.807, 2.05) is 0 Å². The smallest absolute Gasteiger partial charge is 0.141 e. The summed E-state index contributed by atoms with van der Waals surface area (Å²) in [6, 6.07) is 0. The molecule has 2 N–H and O–H groups in total. The van der Waals surface area contributed by atoms with Gasteiger partial charge in [0.05, 0.1) is 5.69 Å². The molecule has 1 aromatic rings. The Morgan fingerprint density at radius 3 is 2.64 bits per heavy atom. The Morgan fingerprint density at radius 1 is 1.50 bits per heavy atom. The Balaban J connectivity index is 0.00000169. The Morgan fingerprint density at radius 2 is 2.14 bits per heavy atom. The lowest BCUT2D eigenvalue weighted by atomic mass is 10.1. The fraction of sp³-hybridized carbons (Fsp3) is 0.444. The molecule has 0 unspecified atom stereocenters. The fourth-order valence-electron chi connectivity index (χ4n) is 1.20. The predicted octanol–water partition coefficient (Wildman–Crippen LogP) is 1.48. The molecule has 0 aliphatic heterocycles. The lowest BCUT2D eigenvalue weighted by Crippen LogP contribution is -1.99. The molecule has 0 atom stereocenters. The van der Waals surface area contributed by atoms with Crippen molar-refractivity contribution in [3.63, 3.8) is 0 Å². The van der Waals surface area contributed by atoms with E-state index in [-0.39, 0.29) is 24.8 Å². The lowest BCUT2D eigenvalue weighted by molar-refractivity contribution is 0.299. The van der Waals surface area contributed by atoms with Gasteiger partial charge in [-0.05, 0) is 18.9 Å². The number of pyridine rings is 1. The first kappa shape index (κ1) is 13.6. The van der Waals surface area contributed by atoms with Crippen molar-refractivity contribution in [3.05, 3.63) is 23.0 Å². The van der Waals surface area contributed by atoms with E-state index in [1.165, 1.54) is 0 Å². The summed E-state index contributed by atoms with van der Waals surface area (Å²) < 4.78 is 0. The molecule has 0 amide bonds. The summed E-state index contributed by atoms with van der Waals surface area (Å²) in [5.74, 6) is 0.658. The van der Waals surface area contributed by atoms with Crippen molar-refractivity contribution in [2.45, 2.75) is 19.1 Å². The van der Waals surface area contributed by atoms with E-state index in [4.69, 9.17) is 5.11 Å². The van der Waals surface area contributed by atoms with Crippen LogP contribution in [0.1, 0.15) is 16.8 Å². The number of thiol groups is 1. The molecule has 0 spiro atoms. The molecule has 0 saturated carbocycles. The van der Waals surface area contributed by atoms with Crippen molar-refractivity contribution in [2.24, 2.45) is 0 Å². The monoisotopic (exact) mass is 235 g/mol. The highest BCUT2D eigenvalue weighted by Crippen LogP contribution is 2.25. The van der Waals surface area contributed by atoms with Crippen LogP contribution in [0.3, 0.4) is 0 Å². The third-order valence-electron chi connectivity index (χ3n) is 1.97. The first-order chi connectivity index (χ1) is 6.20. The molecule has 1 rings (SSSR count). The fourth-order valence-corrected chi connectivity index (χ4v) is 1.55. The molecular weight excluding hydrogens is 222 g/mol. The van der Waals surface area contributed by atoms with Crippen LogP contribution in [0.25, 0.3) is 0 Å². The van der Waals surface area contributed by atoms with Crippen molar-refractivity contribution in [1.82, 2.24) is 4.98 Å². The molecule has 0 aliphatic rings. The van der Waals surface area contributed by atoms with Crippen molar-refractivity contribution in [3.8, 4) is 5.75 Å². The van der Waals surface area contributed by atoms with Crippen molar-refractivity contribution < 1.29 is 10.2 Å². The van der Waals surface area contributed by atoms with Crippen LogP contribution in [0.5, 0.6) is 5.75 Å². The number of aliphatic hydroxyl groups excluding tert-OH is 1. The minimum absolute atomic E-state index is 0. The summed E-state index contributed by atoms with van der Waals surface area (Å²) in [5, 5.41) is 18.4. The molecule has 0 fully saturated rings. The van der Waals surface area contributed by atoms with E-state index in [0.29, 0.717) is 17.9 Å². The first-order valence-electron chi connectivity index (χ1n) is 4.08. The Kier molecular flexibility index (Phi) is 5.92. The second-order valence-corrected chi connectivity index (χ2v) is 3.14. The van der Waals surface area contributed by atoms with Gasteiger partial charge in [0.2, 0.25) is 0 Å². The highest BCUT2D eigenvalue weighted by atomic mass is 35.5. The standard InChI is InChI=1S/C9H13NO2S.ClH/c1-6-9(12)8(5-13)7(2-3-11)4-10-6;/h4,11-13H,2-3,5H2,1H3;1H. The number of hydrogen-bond donors (Lipinski definition) is 3. The predicted molar refractivity (Wildman–Crippen MR) is 61.4 cm³/mol.